The number of rotatable bonds is 10. The van der Waals surface area contributed by atoms with Gasteiger partial charge < -0.3 is 9.15 Å². The normalized spacial score (nSPS) is 13.1. The van der Waals surface area contributed by atoms with Crippen LogP contribution in [0.25, 0.3) is 0 Å². The summed E-state index contributed by atoms with van der Waals surface area (Å²) < 4.78 is 11.3. The second-order valence-corrected chi connectivity index (χ2v) is 12.1. The molecule has 0 fully saturated rings. The van der Waals surface area contributed by atoms with Crippen molar-refractivity contribution in [1.82, 2.24) is 0 Å². The smallest absolute Gasteiger partial charge is 0.303 e. The third-order valence-corrected chi connectivity index (χ3v) is 5.62. The molecule has 0 spiro atoms. The SMILES string of the molecule is CCCCCCCCC(OC(C)=O)c1ccoc1[Si](C)(C)C. The van der Waals surface area contributed by atoms with E-state index in [0.29, 0.717) is 0 Å². The van der Waals surface area contributed by atoms with Crippen LogP contribution < -0.4 is 5.38 Å². The second kappa shape index (κ2) is 9.18. The van der Waals surface area contributed by atoms with Crippen LogP contribution >= 0.6 is 0 Å². The molecule has 126 valence electrons. The molecule has 0 bridgehead atoms. The van der Waals surface area contributed by atoms with Crippen LogP contribution in [-0.2, 0) is 9.53 Å². The molecule has 0 N–H and O–H groups in total. The van der Waals surface area contributed by atoms with E-state index in [1.165, 1.54) is 39.0 Å². The zero-order valence-electron chi connectivity index (χ0n) is 14.9. The Bertz CT molecular complexity index is 445. The number of ether oxygens (including phenoxy) is 1. The highest BCUT2D eigenvalue weighted by Gasteiger charge is 2.29. The number of hydrogen-bond donors (Lipinski definition) is 0. The van der Waals surface area contributed by atoms with Crippen molar-refractivity contribution in [2.45, 2.75) is 84.5 Å². The minimum atomic E-state index is -1.56. The molecule has 0 radical (unpaired) electrons. The maximum atomic E-state index is 11.4. The maximum absolute atomic E-state index is 11.4. The first-order valence-corrected chi connectivity index (χ1v) is 12.1. The van der Waals surface area contributed by atoms with Crippen molar-refractivity contribution in [3.63, 3.8) is 0 Å². The standard InChI is InChI=1S/C18H32O3Si/c1-6-7-8-9-10-11-12-17(21-15(2)19)16-13-14-20-18(16)22(3,4)5/h13-14,17H,6-12H2,1-5H3. The average molecular weight is 325 g/mol. The molecule has 0 saturated carbocycles. The molecule has 1 heterocycles. The van der Waals surface area contributed by atoms with Gasteiger partial charge in [0.25, 0.3) is 0 Å². The van der Waals surface area contributed by atoms with Crippen molar-refractivity contribution in [2.24, 2.45) is 0 Å². The number of carbonyl (C=O) groups excluding carboxylic acids is 1. The van der Waals surface area contributed by atoms with Crippen LogP contribution in [-0.4, -0.2) is 14.0 Å². The minimum Gasteiger partial charge on any atom is -0.474 e. The molecule has 1 aromatic rings. The zero-order valence-corrected chi connectivity index (χ0v) is 15.9. The molecular weight excluding hydrogens is 292 g/mol. The van der Waals surface area contributed by atoms with Gasteiger partial charge in [0.2, 0.25) is 0 Å². The van der Waals surface area contributed by atoms with Gasteiger partial charge >= 0.3 is 5.97 Å². The first kappa shape index (κ1) is 19.0. The van der Waals surface area contributed by atoms with Gasteiger partial charge in [0.05, 0.1) is 11.6 Å². The van der Waals surface area contributed by atoms with E-state index in [1.54, 1.807) is 6.26 Å². The fourth-order valence-corrected chi connectivity index (χ4v) is 4.30. The van der Waals surface area contributed by atoms with Crippen LogP contribution in [0.3, 0.4) is 0 Å². The Balaban J connectivity index is 2.65. The van der Waals surface area contributed by atoms with Gasteiger partial charge in [-0.05, 0) is 18.9 Å². The van der Waals surface area contributed by atoms with E-state index in [-0.39, 0.29) is 12.1 Å². The summed E-state index contributed by atoms with van der Waals surface area (Å²) in [5, 5.41) is 1.06. The van der Waals surface area contributed by atoms with Crippen LogP contribution in [0.2, 0.25) is 19.6 Å². The summed E-state index contributed by atoms with van der Waals surface area (Å²) in [5.41, 5.74) is 1.09. The van der Waals surface area contributed by atoms with Crippen LogP contribution in [0.5, 0.6) is 0 Å². The molecule has 0 saturated heterocycles. The largest absolute Gasteiger partial charge is 0.474 e. The van der Waals surface area contributed by atoms with E-state index >= 15 is 0 Å². The second-order valence-electron chi connectivity index (χ2n) is 7.11. The van der Waals surface area contributed by atoms with Crippen LogP contribution in [0.15, 0.2) is 16.7 Å². The van der Waals surface area contributed by atoms with Gasteiger partial charge in [-0.15, -0.1) is 0 Å². The topological polar surface area (TPSA) is 39.4 Å². The molecule has 1 rings (SSSR count). The fourth-order valence-electron chi connectivity index (χ4n) is 2.77. The molecule has 0 aromatic carbocycles. The molecule has 3 nitrogen and oxygen atoms in total. The Labute approximate surface area is 136 Å². The van der Waals surface area contributed by atoms with Crippen molar-refractivity contribution in [1.29, 1.82) is 0 Å². The van der Waals surface area contributed by atoms with E-state index < -0.39 is 8.07 Å². The summed E-state index contributed by atoms with van der Waals surface area (Å²) >= 11 is 0. The van der Waals surface area contributed by atoms with Gasteiger partial charge in [0.1, 0.15) is 14.2 Å². The summed E-state index contributed by atoms with van der Waals surface area (Å²) in [5.74, 6) is -0.210. The van der Waals surface area contributed by atoms with E-state index in [2.05, 4.69) is 26.6 Å². The Kier molecular flexibility index (Phi) is 7.94. The number of esters is 1. The molecule has 4 heteroatoms. The molecule has 1 aromatic heterocycles. The Morgan fingerprint density at radius 3 is 2.41 bits per heavy atom. The number of hydrogen-bond acceptors (Lipinski definition) is 3. The Hall–Kier alpha value is -1.03. The third-order valence-electron chi connectivity index (χ3n) is 3.85. The lowest BCUT2D eigenvalue weighted by Gasteiger charge is -2.21. The third kappa shape index (κ3) is 6.38. The van der Waals surface area contributed by atoms with Crippen LogP contribution in [0.4, 0.5) is 0 Å². The number of carbonyl (C=O) groups is 1. The average Bonchev–Trinajstić information content (AvgIpc) is 2.90. The van der Waals surface area contributed by atoms with Gasteiger partial charge in [-0.1, -0.05) is 58.7 Å². The highest BCUT2D eigenvalue weighted by molar-refractivity contribution is 6.88. The lowest BCUT2D eigenvalue weighted by atomic mass is 10.0. The summed E-state index contributed by atoms with van der Waals surface area (Å²) in [4.78, 5) is 11.4. The van der Waals surface area contributed by atoms with Crippen LogP contribution in [0.1, 0.15) is 70.5 Å². The van der Waals surface area contributed by atoms with Gasteiger partial charge in [-0.3, -0.25) is 4.79 Å². The van der Waals surface area contributed by atoms with Gasteiger partial charge in [-0.25, -0.2) is 0 Å². The molecule has 1 atom stereocenters. The van der Waals surface area contributed by atoms with E-state index in [4.69, 9.17) is 9.15 Å². The lowest BCUT2D eigenvalue weighted by molar-refractivity contribution is -0.147. The zero-order chi connectivity index (χ0) is 16.6. The van der Waals surface area contributed by atoms with Crippen molar-refractivity contribution in [2.75, 3.05) is 0 Å². The summed E-state index contributed by atoms with van der Waals surface area (Å²) in [6, 6.07) is 1.98. The molecule has 22 heavy (non-hydrogen) atoms. The first-order valence-electron chi connectivity index (χ1n) is 8.61. The fraction of sp³-hybridized carbons (Fsp3) is 0.722. The minimum absolute atomic E-state index is 0.149. The number of furan rings is 1. The van der Waals surface area contributed by atoms with E-state index in [9.17, 15) is 4.79 Å². The predicted octanol–water partition coefficient (Wildman–Crippen LogP) is 5.18. The quantitative estimate of drug-likeness (QED) is 0.338. The molecule has 1 unspecified atom stereocenters. The van der Waals surface area contributed by atoms with Crippen molar-refractivity contribution >= 4 is 19.4 Å². The highest BCUT2D eigenvalue weighted by Crippen LogP contribution is 2.26. The van der Waals surface area contributed by atoms with Crippen molar-refractivity contribution in [3.8, 4) is 0 Å². The molecule has 0 aliphatic carbocycles. The van der Waals surface area contributed by atoms with Gasteiger partial charge in [-0.2, -0.15) is 0 Å². The van der Waals surface area contributed by atoms with E-state index in [1.807, 2.05) is 6.07 Å². The van der Waals surface area contributed by atoms with E-state index in [0.717, 1.165) is 23.8 Å². The molecule has 0 amide bonds. The molecule has 0 aliphatic heterocycles. The summed E-state index contributed by atoms with van der Waals surface area (Å²) in [7, 11) is -1.56. The first-order chi connectivity index (χ1) is 10.4. The highest BCUT2D eigenvalue weighted by atomic mass is 28.3. The lowest BCUT2D eigenvalue weighted by Crippen LogP contribution is -2.39. The summed E-state index contributed by atoms with van der Waals surface area (Å²) in [6.45, 7) is 10.5. The summed E-state index contributed by atoms with van der Waals surface area (Å²) in [6.07, 6.45) is 9.94. The molecular formula is C18H32O3Si. The van der Waals surface area contributed by atoms with Crippen molar-refractivity contribution < 1.29 is 13.9 Å². The van der Waals surface area contributed by atoms with Gasteiger partial charge in [0.15, 0.2) is 0 Å². The monoisotopic (exact) mass is 324 g/mol. The molecule has 0 aliphatic rings. The Morgan fingerprint density at radius 1 is 1.18 bits per heavy atom. The van der Waals surface area contributed by atoms with Crippen molar-refractivity contribution in [3.05, 3.63) is 17.9 Å². The predicted molar refractivity (Wildman–Crippen MR) is 94.2 cm³/mol. The van der Waals surface area contributed by atoms with Crippen LogP contribution in [0, 0.1) is 0 Å². The van der Waals surface area contributed by atoms with Gasteiger partial charge in [0, 0.05) is 12.5 Å². The maximum Gasteiger partial charge on any atom is 0.303 e. The number of unbranched alkanes of at least 4 members (excludes halogenated alkanes) is 5. The Morgan fingerprint density at radius 2 is 1.82 bits per heavy atom.